The number of hydrogen-bond acceptors (Lipinski definition) is 5. The molecular formula is C13H8FN3O4. The van der Waals surface area contributed by atoms with Gasteiger partial charge in [0.2, 0.25) is 0 Å². The van der Waals surface area contributed by atoms with E-state index in [-0.39, 0.29) is 17.1 Å². The van der Waals surface area contributed by atoms with Gasteiger partial charge in [0.15, 0.2) is 0 Å². The van der Waals surface area contributed by atoms with Crippen LogP contribution in [0.5, 0.6) is 0 Å². The molecule has 8 heteroatoms. The number of benzene rings is 2. The second-order valence-electron chi connectivity index (χ2n) is 4.00. The fourth-order valence-electron chi connectivity index (χ4n) is 1.54. The summed E-state index contributed by atoms with van der Waals surface area (Å²) in [6, 6.07) is 8.46. The van der Waals surface area contributed by atoms with Crippen LogP contribution in [0.2, 0.25) is 0 Å². The second-order valence-corrected chi connectivity index (χ2v) is 4.00. The lowest BCUT2D eigenvalue weighted by atomic mass is 10.2. The van der Waals surface area contributed by atoms with Gasteiger partial charge in [-0.15, -0.1) is 0 Å². The molecule has 0 spiro atoms. The highest BCUT2D eigenvalue weighted by Gasteiger charge is 2.09. The van der Waals surface area contributed by atoms with Crippen LogP contribution >= 0.6 is 0 Å². The Labute approximate surface area is 117 Å². The largest absolute Gasteiger partial charge is 0.271 e. The smallest absolute Gasteiger partial charge is 0.258 e. The summed E-state index contributed by atoms with van der Waals surface area (Å²) in [5, 5.41) is 21.1. The van der Waals surface area contributed by atoms with Crippen LogP contribution in [0.1, 0.15) is 5.56 Å². The van der Waals surface area contributed by atoms with E-state index < -0.39 is 15.7 Å². The van der Waals surface area contributed by atoms with E-state index in [0.29, 0.717) is 5.56 Å². The van der Waals surface area contributed by atoms with E-state index in [2.05, 4.69) is 4.99 Å². The Balaban J connectivity index is 2.26. The summed E-state index contributed by atoms with van der Waals surface area (Å²) in [6.45, 7) is 0. The zero-order chi connectivity index (χ0) is 15.4. The van der Waals surface area contributed by atoms with Crippen molar-refractivity contribution in [1.29, 1.82) is 0 Å². The van der Waals surface area contributed by atoms with Crippen molar-refractivity contribution in [3.63, 3.8) is 0 Å². The lowest BCUT2D eigenvalue weighted by molar-refractivity contribution is -0.385. The summed E-state index contributed by atoms with van der Waals surface area (Å²) < 4.78 is 13.5. The lowest BCUT2D eigenvalue weighted by Gasteiger charge is -1.97. The van der Waals surface area contributed by atoms with Crippen molar-refractivity contribution in [3.05, 3.63) is 74.1 Å². The normalized spacial score (nSPS) is 10.7. The molecule has 0 aliphatic heterocycles. The lowest BCUT2D eigenvalue weighted by Crippen LogP contribution is -1.89. The summed E-state index contributed by atoms with van der Waals surface area (Å²) in [6.07, 6.45) is 1.27. The Morgan fingerprint density at radius 1 is 0.952 bits per heavy atom. The number of nitro groups is 2. The third kappa shape index (κ3) is 3.44. The monoisotopic (exact) mass is 289 g/mol. The average Bonchev–Trinajstić information content (AvgIpc) is 2.46. The first kappa shape index (κ1) is 14.3. The van der Waals surface area contributed by atoms with Crippen molar-refractivity contribution in [1.82, 2.24) is 0 Å². The molecule has 0 radical (unpaired) electrons. The fraction of sp³-hybridized carbons (Fsp3) is 0. The van der Waals surface area contributed by atoms with Crippen molar-refractivity contribution >= 4 is 23.3 Å². The van der Waals surface area contributed by atoms with Gasteiger partial charge in [0.05, 0.1) is 9.85 Å². The zero-order valence-electron chi connectivity index (χ0n) is 10.5. The number of non-ortho nitro benzene ring substituents is 2. The molecule has 0 heterocycles. The summed E-state index contributed by atoms with van der Waals surface area (Å²) in [5.74, 6) is -0.696. The molecule has 0 unspecified atom stereocenters. The van der Waals surface area contributed by atoms with Crippen molar-refractivity contribution in [2.24, 2.45) is 4.99 Å². The highest BCUT2D eigenvalue weighted by Crippen LogP contribution is 2.23. The van der Waals surface area contributed by atoms with Crippen LogP contribution in [-0.2, 0) is 0 Å². The Morgan fingerprint density at radius 3 is 2.10 bits per heavy atom. The molecule has 2 rings (SSSR count). The van der Waals surface area contributed by atoms with Gasteiger partial charge in [0.25, 0.3) is 11.4 Å². The summed E-state index contributed by atoms with van der Waals surface area (Å²) in [4.78, 5) is 23.7. The van der Waals surface area contributed by atoms with Gasteiger partial charge < -0.3 is 0 Å². The van der Waals surface area contributed by atoms with Gasteiger partial charge in [-0.1, -0.05) is 0 Å². The Kier molecular flexibility index (Phi) is 3.98. The molecule has 0 fully saturated rings. The van der Waals surface area contributed by atoms with E-state index in [4.69, 9.17) is 0 Å². The summed E-state index contributed by atoms with van der Waals surface area (Å²) in [7, 11) is 0. The van der Waals surface area contributed by atoms with Crippen LogP contribution in [0, 0.1) is 26.0 Å². The van der Waals surface area contributed by atoms with Crippen LogP contribution in [0.3, 0.4) is 0 Å². The predicted molar refractivity (Wildman–Crippen MR) is 73.4 cm³/mol. The molecule has 7 nitrogen and oxygen atoms in total. The average molecular weight is 289 g/mol. The third-order valence-corrected chi connectivity index (χ3v) is 2.60. The zero-order valence-corrected chi connectivity index (χ0v) is 10.5. The number of hydrogen-bond donors (Lipinski definition) is 0. The molecule has 0 amide bonds. The van der Waals surface area contributed by atoms with Crippen molar-refractivity contribution < 1.29 is 14.2 Å². The maximum atomic E-state index is 13.5. The van der Waals surface area contributed by atoms with Crippen LogP contribution < -0.4 is 0 Å². The SMILES string of the molecule is O=[N+]([O-])c1ccc(C=Nc2cc([N+](=O)[O-])ccc2F)cc1. The van der Waals surface area contributed by atoms with Crippen molar-refractivity contribution in [2.45, 2.75) is 0 Å². The minimum atomic E-state index is -0.696. The van der Waals surface area contributed by atoms with E-state index in [9.17, 15) is 24.6 Å². The van der Waals surface area contributed by atoms with Gasteiger partial charge in [-0.3, -0.25) is 25.2 Å². The predicted octanol–water partition coefficient (Wildman–Crippen LogP) is 3.39. The first-order valence-electron chi connectivity index (χ1n) is 5.70. The number of aliphatic imine (C=N–C) groups is 1. The number of nitrogens with zero attached hydrogens (tertiary/aromatic N) is 3. The molecule has 106 valence electrons. The van der Waals surface area contributed by atoms with E-state index in [0.717, 1.165) is 18.2 Å². The molecule has 0 aliphatic rings. The topological polar surface area (TPSA) is 98.6 Å². The molecular weight excluding hydrogens is 281 g/mol. The Hall–Kier alpha value is -3.16. The highest BCUT2D eigenvalue weighted by molar-refractivity contribution is 5.82. The minimum Gasteiger partial charge on any atom is -0.258 e. The quantitative estimate of drug-likeness (QED) is 0.489. The van der Waals surface area contributed by atoms with Crippen LogP contribution in [0.25, 0.3) is 0 Å². The fourth-order valence-corrected chi connectivity index (χ4v) is 1.54. The van der Waals surface area contributed by atoms with Gasteiger partial charge in [0, 0.05) is 30.5 Å². The van der Waals surface area contributed by atoms with Gasteiger partial charge in [-0.2, -0.15) is 0 Å². The molecule has 0 atom stereocenters. The van der Waals surface area contributed by atoms with Gasteiger partial charge in [-0.05, 0) is 23.8 Å². The number of nitro benzene ring substituents is 2. The highest BCUT2D eigenvalue weighted by atomic mass is 19.1. The maximum absolute atomic E-state index is 13.5. The van der Waals surface area contributed by atoms with Crippen LogP contribution in [0.15, 0.2) is 47.5 Å². The Bertz CT molecular complexity index is 729. The molecule has 21 heavy (non-hydrogen) atoms. The maximum Gasteiger partial charge on any atom is 0.271 e. The van der Waals surface area contributed by atoms with Crippen molar-refractivity contribution in [2.75, 3.05) is 0 Å². The first-order valence-corrected chi connectivity index (χ1v) is 5.70. The molecule has 2 aromatic carbocycles. The second kappa shape index (κ2) is 5.87. The summed E-state index contributed by atoms with van der Waals surface area (Å²) >= 11 is 0. The van der Waals surface area contributed by atoms with Crippen LogP contribution in [-0.4, -0.2) is 16.1 Å². The van der Waals surface area contributed by atoms with E-state index >= 15 is 0 Å². The van der Waals surface area contributed by atoms with Gasteiger partial charge in [-0.25, -0.2) is 4.39 Å². The molecule has 0 aliphatic carbocycles. The standard InChI is InChI=1S/C13H8FN3O4/c14-12-6-5-11(17(20)21)7-13(12)15-8-9-1-3-10(4-2-9)16(18)19/h1-8H. The van der Waals surface area contributed by atoms with Gasteiger partial charge >= 0.3 is 0 Å². The van der Waals surface area contributed by atoms with E-state index in [1.165, 1.54) is 30.5 Å². The third-order valence-electron chi connectivity index (χ3n) is 2.60. The molecule has 0 aromatic heterocycles. The molecule has 0 saturated heterocycles. The number of rotatable bonds is 4. The molecule has 0 N–H and O–H groups in total. The molecule has 0 bridgehead atoms. The first-order chi connectivity index (χ1) is 9.97. The van der Waals surface area contributed by atoms with Crippen LogP contribution in [0.4, 0.5) is 21.5 Å². The minimum absolute atomic E-state index is 0.0753. The van der Waals surface area contributed by atoms with Gasteiger partial charge in [0.1, 0.15) is 11.5 Å². The van der Waals surface area contributed by atoms with E-state index in [1.54, 1.807) is 0 Å². The van der Waals surface area contributed by atoms with E-state index in [1.807, 2.05) is 0 Å². The van der Waals surface area contributed by atoms with Crippen molar-refractivity contribution in [3.8, 4) is 0 Å². The molecule has 2 aromatic rings. The molecule has 0 saturated carbocycles. The number of halogens is 1. The Morgan fingerprint density at radius 2 is 1.52 bits per heavy atom. The summed E-state index contributed by atoms with van der Waals surface area (Å²) in [5.41, 5.74) is -0.0185.